The summed E-state index contributed by atoms with van der Waals surface area (Å²) < 4.78 is 31.0. The summed E-state index contributed by atoms with van der Waals surface area (Å²) in [7, 11) is -4.19. The number of rotatable bonds is 11. The third-order valence-corrected chi connectivity index (χ3v) is 2.43. The molecule has 0 unspecified atom stereocenters. The van der Waals surface area contributed by atoms with Crippen molar-refractivity contribution in [3.05, 3.63) is 0 Å². The standard InChI is InChI=1S/C8H19NO7S.Na/c10-4-6-15-9(16-7-5-11)3-1-2-8-17(12,13)14;/h10-11H,1-8H2,(H,12,13,14);/q;+1/p-1. The molecular weight excluding hydrogens is 277 g/mol. The summed E-state index contributed by atoms with van der Waals surface area (Å²) in [5, 5.41) is 18.1. The maximum absolute atomic E-state index is 10.3. The molecule has 0 aliphatic carbocycles. The van der Waals surface area contributed by atoms with Gasteiger partial charge in [0, 0.05) is 5.75 Å². The van der Waals surface area contributed by atoms with Gasteiger partial charge in [-0.1, -0.05) is 5.23 Å². The number of hydrogen-bond acceptors (Lipinski definition) is 8. The van der Waals surface area contributed by atoms with Crippen LogP contribution in [0.15, 0.2) is 0 Å². The molecule has 0 amide bonds. The predicted molar refractivity (Wildman–Crippen MR) is 56.6 cm³/mol. The molecule has 8 nitrogen and oxygen atoms in total. The minimum Gasteiger partial charge on any atom is -0.748 e. The molecule has 0 fully saturated rings. The SMILES string of the molecule is O=S(=O)([O-])CCCCN(OCCO)OCCO.[Na+]. The van der Waals surface area contributed by atoms with Gasteiger partial charge < -0.3 is 14.8 Å². The Morgan fingerprint density at radius 3 is 1.94 bits per heavy atom. The smallest absolute Gasteiger partial charge is 0.748 e. The topological polar surface area (TPSA) is 119 Å². The molecule has 0 spiro atoms. The zero-order valence-electron chi connectivity index (χ0n) is 10.4. The molecule has 0 saturated carbocycles. The molecule has 0 aromatic rings. The van der Waals surface area contributed by atoms with E-state index in [-0.39, 0.29) is 69.0 Å². The molecule has 2 N–H and O–H groups in total. The normalized spacial score (nSPS) is 11.6. The van der Waals surface area contributed by atoms with E-state index in [1.807, 2.05) is 0 Å². The van der Waals surface area contributed by atoms with Gasteiger partial charge in [-0.3, -0.25) is 9.68 Å². The second-order valence-electron chi connectivity index (χ2n) is 3.14. The van der Waals surface area contributed by atoms with Gasteiger partial charge in [-0.25, -0.2) is 8.42 Å². The van der Waals surface area contributed by atoms with Crippen LogP contribution in [0.3, 0.4) is 0 Å². The molecule has 0 aromatic carbocycles. The Kier molecular flexibility index (Phi) is 14.9. The molecule has 0 bridgehead atoms. The van der Waals surface area contributed by atoms with Crippen LogP contribution in [0.5, 0.6) is 0 Å². The second-order valence-corrected chi connectivity index (χ2v) is 4.66. The number of hydrogen-bond donors (Lipinski definition) is 2. The van der Waals surface area contributed by atoms with Gasteiger partial charge in [0.25, 0.3) is 0 Å². The van der Waals surface area contributed by atoms with Crippen molar-refractivity contribution in [2.24, 2.45) is 0 Å². The average Bonchev–Trinajstić information content (AvgIpc) is 2.25. The molecule has 0 atom stereocenters. The third-order valence-electron chi connectivity index (χ3n) is 1.64. The maximum atomic E-state index is 10.3. The molecule has 0 saturated heterocycles. The van der Waals surface area contributed by atoms with Crippen LogP contribution in [-0.2, 0) is 19.8 Å². The van der Waals surface area contributed by atoms with Crippen molar-refractivity contribution in [1.29, 1.82) is 0 Å². The largest absolute Gasteiger partial charge is 1.00 e. The molecule has 0 aromatic heterocycles. The summed E-state index contributed by atoms with van der Waals surface area (Å²) in [4.78, 5) is 9.90. The van der Waals surface area contributed by atoms with E-state index in [1.165, 1.54) is 0 Å². The molecule has 0 heterocycles. The molecule has 10 heteroatoms. The quantitative estimate of drug-likeness (QED) is 0.169. The van der Waals surface area contributed by atoms with Crippen molar-refractivity contribution in [1.82, 2.24) is 5.23 Å². The van der Waals surface area contributed by atoms with Crippen molar-refractivity contribution < 1.29 is 62.4 Å². The van der Waals surface area contributed by atoms with Crippen LogP contribution in [0.1, 0.15) is 12.8 Å². The Labute approximate surface area is 129 Å². The summed E-state index contributed by atoms with van der Waals surface area (Å²) in [5.74, 6) is -0.430. The number of aliphatic hydroxyl groups excluding tert-OH is 2. The fourth-order valence-corrected chi connectivity index (χ4v) is 1.53. The molecule has 0 aliphatic rings. The number of unbranched alkanes of at least 4 members (excludes halogenated alkanes) is 1. The van der Waals surface area contributed by atoms with Crippen molar-refractivity contribution in [2.75, 3.05) is 38.7 Å². The molecule has 0 aliphatic heterocycles. The number of nitrogens with zero attached hydrogens (tertiary/aromatic N) is 1. The van der Waals surface area contributed by atoms with Gasteiger partial charge in [-0.05, 0) is 12.8 Å². The summed E-state index contributed by atoms with van der Waals surface area (Å²) in [6, 6.07) is 0. The fraction of sp³-hybridized carbons (Fsp3) is 1.00. The van der Waals surface area contributed by atoms with E-state index in [0.29, 0.717) is 6.42 Å². The maximum Gasteiger partial charge on any atom is 1.00 e. The second kappa shape index (κ2) is 12.7. The van der Waals surface area contributed by atoms with Crippen molar-refractivity contribution >= 4 is 10.1 Å². The predicted octanol–water partition coefficient (Wildman–Crippen LogP) is -4.53. The first-order valence-electron chi connectivity index (χ1n) is 5.18. The summed E-state index contributed by atoms with van der Waals surface area (Å²) >= 11 is 0. The van der Waals surface area contributed by atoms with Crippen molar-refractivity contribution in [3.8, 4) is 0 Å². The van der Waals surface area contributed by atoms with Crippen LogP contribution in [0.4, 0.5) is 0 Å². The van der Waals surface area contributed by atoms with Crippen LogP contribution >= 0.6 is 0 Å². The molecule has 104 valence electrons. The Morgan fingerprint density at radius 1 is 1.06 bits per heavy atom. The Hall–Kier alpha value is 0.710. The monoisotopic (exact) mass is 295 g/mol. The van der Waals surface area contributed by atoms with E-state index < -0.39 is 15.9 Å². The Balaban J connectivity index is 0. The van der Waals surface area contributed by atoms with Gasteiger partial charge in [-0.2, -0.15) is 0 Å². The average molecular weight is 295 g/mol. The first kappa shape index (κ1) is 21.0. The molecular formula is C8H18NNaO7S. The van der Waals surface area contributed by atoms with Crippen LogP contribution < -0.4 is 29.6 Å². The van der Waals surface area contributed by atoms with Gasteiger partial charge in [-0.15, -0.1) is 0 Å². The number of aliphatic hydroxyl groups is 2. The van der Waals surface area contributed by atoms with Gasteiger partial charge in [0.2, 0.25) is 0 Å². The van der Waals surface area contributed by atoms with Crippen molar-refractivity contribution in [3.63, 3.8) is 0 Å². The van der Waals surface area contributed by atoms with Gasteiger partial charge >= 0.3 is 29.6 Å². The van der Waals surface area contributed by atoms with Gasteiger partial charge in [0.15, 0.2) is 0 Å². The van der Waals surface area contributed by atoms with Crippen LogP contribution in [0.25, 0.3) is 0 Å². The molecule has 0 radical (unpaired) electrons. The van der Waals surface area contributed by atoms with Crippen LogP contribution in [0.2, 0.25) is 0 Å². The third kappa shape index (κ3) is 14.8. The first-order chi connectivity index (χ1) is 7.99. The van der Waals surface area contributed by atoms with E-state index in [2.05, 4.69) is 0 Å². The van der Waals surface area contributed by atoms with Crippen molar-refractivity contribution in [2.45, 2.75) is 12.8 Å². The fourth-order valence-electron chi connectivity index (χ4n) is 0.971. The van der Waals surface area contributed by atoms with E-state index in [1.54, 1.807) is 0 Å². The molecule has 18 heavy (non-hydrogen) atoms. The summed E-state index contributed by atoms with van der Waals surface area (Å²) in [5.41, 5.74) is 0. The summed E-state index contributed by atoms with van der Waals surface area (Å²) in [6.45, 7) is -0.0616. The van der Waals surface area contributed by atoms with E-state index >= 15 is 0 Å². The molecule has 0 rings (SSSR count). The summed E-state index contributed by atoms with van der Waals surface area (Å²) in [6.07, 6.45) is 0.589. The minimum absolute atomic E-state index is 0. The Bertz CT molecular complexity index is 267. The Morgan fingerprint density at radius 2 is 1.56 bits per heavy atom. The minimum atomic E-state index is -4.19. The van der Waals surface area contributed by atoms with Crippen LogP contribution in [-0.4, -0.2) is 67.1 Å². The van der Waals surface area contributed by atoms with Gasteiger partial charge in [0.05, 0.1) is 43.1 Å². The number of hydroxylamine groups is 2. The van der Waals surface area contributed by atoms with E-state index in [4.69, 9.17) is 19.9 Å². The first-order valence-corrected chi connectivity index (χ1v) is 6.76. The van der Waals surface area contributed by atoms with E-state index in [0.717, 1.165) is 5.23 Å². The van der Waals surface area contributed by atoms with Crippen LogP contribution in [0, 0.1) is 0 Å². The van der Waals surface area contributed by atoms with Gasteiger partial charge in [0.1, 0.15) is 0 Å². The van der Waals surface area contributed by atoms with E-state index in [9.17, 15) is 13.0 Å². The zero-order valence-corrected chi connectivity index (χ0v) is 13.3. The zero-order chi connectivity index (χ0) is 13.1.